The number of nitrogens with one attached hydrogen (secondary N) is 1. The highest BCUT2D eigenvalue weighted by molar-refractivity contribution is 8.24. The topological polar surface area (TPSA) is 107 Å². The number of hydrogen-bond acceptors (Lipinski definition) is 5. The van der Waals surface area contributed by atoms with E-state index in [9.17, 15) is 19.5 Å². The van der Waals surface area contributed by atoms with E-state index in [1.54, 1.807) is 13.8 Å². The Balaban J connectivity index is 0.000000435. The van der Waals surface area contributed by atoms with Gasteiger partial charge in [-0.15, -0.1) is 0 Å². The standard InChI is InChI=1S/C20H37NO3.C12H21NO2S2/c1-2-3-4-5-6-7-8-9-10-13-16-21-19(22)17-14-11-12-15-18(17)20(23)24;1-12(2,10(14)15)17-11(16)13-8-6-4-3-5-7-9-13/h17-18H,2-16H2,1H3,(H,21,22)(H,23,24);3-9H2,1-2H3,(H,14,15)/t17-,18+;/m0./s1. The maximum absolute atomic E-state index is 12.2. The van der Waals surface area contributed by atoms with Crippen LogP contribution in [0.5, 0.6) is 0 Å². The van der Waals surface area contributed by atoms with E-state index in [0.717, 1.165) is 62.4 Å². The van der Waals surface area contributed by atoms with E-state index in [1.165, 1.54) is 82.4 Å². The average molecular weight is 615 g/mol. The molecule has 2 aliphatic rings. The number of aliphatic carboxylic acids is 2. The first-order valence-electron chi connectivity index (χ1n) is 16.3. The van der Waals surface area contributed by atoms with Crippen LogP contribution >= 0.6 is 24.0 Å². The fourth-order valence-electron chi connectivity index (χ4n) is 5.45. The highest BCUT2D eigenvalue weighted by Gasteiger charge is 2.35. The monoisotopic (exact) mass is 614 g/mol. The summed E-state index contributed by atoms with van der Waals surface area (Å²) in [5, 5.41) is 21.3. The third kappa shape index (κ3) is 16.8. The van der Waals surface area contributed by atoms with Crippen LogP contribution in [0.2, 0.25) is 0 Å². The molecule has 0 unspecified atom stereocenters. The van der Waals surface area contributed by atoms with Crippen molar-refractivity contribution in [1.82, 2.24) is 10.2 Å². The number of unbranched alkanes of at least 4 members (excludes halogenated alkanes) is 9. The van der Waals surface area contributed by atoms with Crippen LogP contribution in [0.4, 0.5) is 0 Å². The summed E-state index contributed by atoms with van der Waals surface area (Å²) in [6, 6.07) is 0. The number of carbonyl (C=O) groups is 3. The number of rotatable bonds is 15. The van der Waals surface area contributed by atoms with Crippen molar-refractivity contribution >= 4 is 46.1 Å². The molecule has 41 heavy (non-hydrogen) atoms. The molecule has 0 spiro atoms. The molecule has 0 aromatic heterocycles. The molecule has 3 N–H and O–H groups in total. The van der Waals surface area contributed by atoms with Crippen molar-refractivity contribution in [3.05, 3.63) is 0 Å². The number of carbonyl (C=O) groups excluding carboxylic acids is 1. The molecule has 0 aromatic carbocycles. The molecule has 0 radical (unpaired) electrons. The zero-order valence-corrected chi connectivity index (χ0v) is 27.7. The van der Waals surface area contributed by atoms with E-state index in [4.69, 9.17) is 17.3 Å². The van der Waals surface area contributed by atoms with Gasteiger partial charge in [-0.25, -0.2) is 0 Å². The van der Waals surface area contributed by atoms with E-state index in [0.29, 0.717) is 13.0 Å². The van der Waals surface area contributed by atoms with Gasteiger partial charge >= 0.3 is 11.9 Å². The van der Waals surface area contributed by atoms with E-state index < -0.39 is 22.6 Å². The van der Waals surface area contributed by atoms with Gasteiger partial charge in [0.05, 0.1) is 11.8 Å². The van der Waals surface area contributed by atoms with Gasteiger partial charge < -0.3 is 20.4 Å². The van der Waals surface area contributed by atoms with Gasteiger partial charge in [0.15, 0.2) is 0 Å². The quantitative estimate of drug-likeness (QED) is 0.126. The number of nitrogens with zero attached hydrogens (tertiary/aromatic N) is 1. The van der Waals surface area contributed by atoms with Crippen molar-refractivity contribution in [1.29, 1.82) is 0 Å². The molecule has 1 saturated carbocycles. The second kappa shape index (κ2) is 22.2. The summed E-state index contributed by atoms with van der Waals surface area (Å²) in [6.45, 7) is 8.29. The third-order valence-corrected chi connectivity index (χ3v) is 9.85. The van der Waals surface area contributed by atoms with E-state index in [2.05, 4.69) is 17.1 Å². The maximum atomic E-state index is 12.2. The summed E-state index contributed by atoms with van der Waals surface area (Å²) < 4.78 is -0.0984. The largest absolute Gasteiger partial charge is 0.481 e. The zero-order chi connectivity index (χ0) is 30.5. The van der Waals surface area contributed by atoms with E-state index in [1.807, 2.05) is 0 Å². The van der Waals surface area contributed by atoms with Crippen LogP contribution in [0.15, 0.2) is 0 Å². The predicted molar refractivity (Wildman–Crippen MR) is 174 cm³/mol. The summed E-state index contributed by atoms with van der Waals surface area (Å²) in [5.41, 5.74) is 0. The Labute approximate surface area is 259 Å². The van der Waals surface area contributed by atoms with Gasteiger partial charge in [0.1, 0.15) is 9.07 Å². The molecule has 1 saturated heterocycles. The van der Waals surface area contributed by atoms with Crippen molar-refractivity contribution in [3.8, 4) is 0 Å². The lowest BCUT2D eigenvalue weighted by molar-refractivity contribution is -0.148. The van der Waals surface area contributed by atoms with Crippen molar-refractivity contribution in [2.75, 3.05) is 19.6 Å². The molecule has 0 aromatic rings. The van der Waals surface area contributed by atoms with Gasteiger partial charge in [0.2, 0.25) is 5.91 Å². The molecule has 1 heterocycles. The first kappa shape index (κ1) is 37.7. The van der Waals surface area contributed by atoms with Gasteiger partial charge in [-0.2, -0.15) is 0 Å². The molecule has 1 aliphatic heterocycles. The van der Waals surface area contributed by atoms with Crippen LogP contribution in [0.1, 0.15) is 143 Å². The van der Waals surface area contributed by atoms with Gasteiger partial charge in [-0.3, -0.25) is 14.4 Å². The molecule has 2 atom stereocenters. The van der Waals surface area contributed by atoms with E-state index >= 15 is 0 Å². The SMILES string of the molecule is CC(C)(SC(=S)N1CCCCCCC1)C(=O)O.CCCCCCCCCCCCNC(=O)[C@H]1CCCC[C@H]1C(=O)O. The summed E-state index contributed by atoms with van der Waals surface area (Å²) in [4.78, 5) is 36.7. The van der Waals surface area contributed by atoms with Gasteiger partial charge in [-0.1, -0.05) is 121 Å². The Morgan fingerprint density at radius 3 is 1.78 bits per heavy atom. The molecule has 1 aliphatic carbocycles. The Morgan fingerprint density at radius 1 is 0.780 bits per heavy atom. The maximum Gasteiger partial charge on any atom is 0.319 e. The highest BCUT2D eigenvalue weighted by Crippen LogP contribution is 2.31. The molecule has 0 bridgehead atoms. The van der Waals surface area contributed by atoms with Gasteiger partial charge in [0.25, 0.3) is 0 Å². The third-order valence-electron chi connectivity index (χ3n) is 8.22. The number of carboxylic acid groups (broad SMARTS) is 2. The van der Waals surface area contributed by atoms with Crippen LogP contribution in [-0.2, 0) is 14.4 Å². The summed E-state index contributed by atoms with van der Waals surface area (Å²) in [6.07, 6.45) is 22.2. The van der Waals surface area contributed by atoms with Crippen LogP contribution < -0.4 is 5.32 Å². The second-order valence-electron chi connectivity index (χ2n) is 12.2. The molecule has 2 rings (SSSR count). The normalized spacial score (nSPS) is 19.7. The fraction of sp³-hybridized carbons (Fsp3) is 0.875. The summed E-state index contributed by atoms with van der Waals surface area (Å²) >= 11 is 6.66. The van der Waals surface area contributed by atoms with Crippen molar-refractivity contribution in [3.63, 3.8) is 0 Å². The van der Waals surface area contributed by atoms with Crippen molar-refractivity contribution in [2.24, 2.45) is 11.8 Å². The molecule has 238 valence electrons. The number of thiocarbonyl (C=S) groups is 1. The molecular formula is C32H58N2O5S2. The van der Waals surface area contributed by atoms with Crippen LogP contribution in [0.3, 0.4) is 0 Å². The summed E-state index contributed by atoms with van der Waals surface area (Å²) in [7, 11) is 0. The van der Waals surface area contributed by atoms with Crippen LogP contribution in [-0.4, -0.2) is 61.7 Å². The Kier molecular flexibility index (Phi) is 20.4. The van der Waals surface area contributed by atoms with Gasteiger partial charge in [-0.05, 0) is 46.0 Å². The lowest BCUT2D eigenvalue weighted by Gasteiger charge is -2.29. The lowest BCUT2D eigenvalue weighted by Crippen LogP contribution is -2.40. The fourth-order valence-corrected chi connectivity index (χ4v) is 7.10. The smallest absolute Gasteiger partial charge is 0.319 e. The minimum absolute atomic E-state index is 0.0435. The molecule has 2 fully saturated rings. The Hall–Kier alpha value is -1.35. The lowest BCUT2D eigenvalue weighted by atomic mass is 9.78. The molecule has 7 nitrogen and oxygen atoms in total. The minimum atomic E-state index is -0.834. The van der Waals surface area contributed by atoms with E-state index in [-0.39, 0.29) is 11.8 Å². The Morgan fingerprint density at radius 2 is 1.27 bits per heavy atom. The molecular weight excluding hydrogens is 556 g/mol. The summed E-state index contributed by atoms with van der Waals surface area (Å²) in [5.74, 6) is -2.46. The number of thioether (sulfide) groups is 1. The number of hydrogen-bond donors (Lipinski definition) is 3. The zero-order valence-electron chi connectivity index (χ0n) is 26.1. The minimum Gasteiger partial charge on any atom is -0.481 e. The predicted octanol–water partition coefficient (Wildman–Crippen LogP) is 8.05. The van der Waals surface area contributed by atoms with Crippen LogP contribution in [0.25, 0.3) is 0 Å². The number of amides is 1. The van der Waals surface area contributed by atoms with Crippen molar-refractivity contribution in [2.45, 2.75) is 148 Å². The Bertz CT molecular complexity index is 769. The molecule has 1 amide bonds. The van der Waals surface area contributed by atoms with Crippen molar-refractivity contribution < 1.29 is 24.6 Å². The molecule has 9 heteroatoms. The van der Waals surface area contributed by atoms with Gasteiger partial charge in [0, 0.05) is 19.6 Å². The average Bonchev–Trinajstić information content (AvgIpc) is 2.91. The second-order valence-corrected chi connectivity index (χ2v) is 14.5. The number of carboxylic acids is 2. The first-order chi connectivity index (χ1) is 19.6. The van der Waals surface area contributed by atoms with Crippen LogP contribution in [0, 0.1) is 11.8 Å². The highest BCUT2D eigenvalue weighted by atomic mass is 32.2. The first-order valence-corrected chi connectivity index (χ1v) is 17.5. The number of likely N-dealkylation sites (tertiary alicyclic amines) is 1.